The molecular weight excluding hydrogens is 1570 g/mol. The van der Waals surface area contributed by atoms with Crippen LogP contribution >= 0.6 is 0 Å². The van der Waals surface area contributed by atoms with Gasteiger partial charge >= 0.3 is 0 Å². The van der Waals surface area contributed by atoms with Crippen LogP contribution in [0.25, 0.3) is 0 Å². The molecule has 0 aliphatic carbocycles. The van der Waals surface area contributed by atoms with Crippen LogP contribution in [0.1, 0.15) is 6.92 Å². The summed E-state index contributed by atoms with van der Waals surface area (Å²) < 4.78 is 110. The average Bonchev–Trinajstić information content (AvgIpc) is 0.768. The lowest BCUT2D eigenvalue weighted by molar-refractivity contribution is -0.405. The molecule has 114 heavy (non-hydrogen) atoms. The fourth-order valence-corrected chi connectivity index (χ4v) is 14.7. The SMILES string of the molecule is CC(=O)N[C@H]1[C@@H](O[C@H]2[C@H](O[C@H]3[C@H](O[C@@H]4O[C@H](CO)[C@@H](O)[C@H](O)[C@H]4O)[C@@H](O)[C@@H](O)O[C@@H]3CO[C@@H]3O[C@H](CO)[C@@H](O)[C@H](O)[C@H]3O[C@H]3O[C@H](CO)[C@@H](O[C@@H]4O[C@H](CO)[C@H](O[C@H]5O[C@H](CO)[C@H](O)[C@H](O)[C@H]5O)[C@H](O)[C@H]4O)[C@H](O)[C@H]3O)O[C@H](CO)[C@@H](O)[C@@H]2O)O[C@H](CO)[C@@H](O[C@@H]2O[C@H](CO)[C@H](O[C@H]3O[C@H](CO)[C@H](O)[C@H](O)[C@H]3O)[C@H](O)[C@H]2O)[C@@H]1O. The first-order chi connectivity index (χ1) is 54.1. The van der Waals surface area contributed by atoms with Gasteiger partial charge < -0.3 is 254 Å². The third kappa shape index (κ3) is 19.6. The zero-order valence-electron chi connectivity index (χ0n) is 60.0. The zero-order chi connectivity index (χ0) is 83.7. The smallest absolute Gasteiger partial charge is 0.217 e. The first kappa shape index (κ1) is 93.7. The summed E-state index contributed by atoms with van der Waals surface area (Å²) in [5, 5.41) is 341. The van der Waals surface area contributed by atoms with Crippen molar-refractivity contribution >= 4 is 5.91 Å². The van der Waals surface area contributed by atoms with E-state index in [4.69, 9.17) is 90.0 Å². The maximum Gasteiger partial charge on any atom is 0.217 e. The van der Waals surface area contributed by atoms with Gasteiger partial charge in [0.15, 0.2) is 62.9 Å². The van der Waals surface area contributed by atoms with Crippen LogP contribution < -0.4 is 5.32 Å². The van der Waals surface area contributed by atoms with E-state index in [2.05, 4.69) is 5.32 Å². The average molecular weight is 1680 g/mol. The summed E-state index contributed by atoms with van der Waals surface area (Å²) in [6.07, 6.45) is -103. The van der Waals surface area contributed by atoms with E-state index >= 15 is 0 Å². The summed E-state index contributed by atoms with van der Waals surface area (Å²) in [5.41, 5.74) is 0. The third-order valence-electron chi connectivity index (χ3n) is 21.3. The molecule has 10 aliphatic heterocycles. The fraction of sp³-hybridized carbons (Fsp3) is 0.984. The third-order valence-corrected chi connectivity index (χ3v) is 21.3. The molecule has 10 fully saturated rings. The maximum absolute atomic E-state index is 13.0. The van der Waals surface area contributed by atoms with Crippen LogP contribution in [0.15, 0.2) is 0 Å². The summed E-state index contributed by atoms with van der Waals surface area (Å²) >= 11 is 0. The summed E-state index contributed by atoms with van der Waals surface area (Å²) in [5.74, 6) is -1.00. The largest absolute Gasteiger partial charge is 0.394 e. The number of ether oxygens (including phenoxy) is 19. The van der Waals surface area contributed by atoms with E-state index in [9.17, 15) is 163 Å². The summed E-state index contributed by atoms with van der Waals surface area (Å²) in [4.78, 5) is 13.0. The lowest BCUT2D eigenvalue weighted by Crippen LogP contribution is -2.70. The number of rotatable bonds is 29. The molecular formula is C62H105NO51. The maximum atomic E-state index is 13.0. The van der Waals surface area contributed by atoms with Crippen molar-refractivity contribution in [3.63, 3.8) is 0 Å². The van der Waals surface area contributed by atoms with Gasteiger partial charge in [-0.05, 0) is 0 Å². The van der Waals surface area contributed by atoms with Gasteiger partial charge in [-0.2, -0.15) is 0 Å². The molecule has 1 amide bonds. The van der Waals surface area contributed by atoms with Crippen LogP contribution in [0.2, 0.25) is 0 Å². The highest BCUT2D eigenvalue weighted by atomic mass is 16.8. The number of aliphatic hydroxyl groups excluding tert-OH is 31. The van der Waals surface area contributed by atoms with Crippen LogP contribution in [0, 0.1) is 0 Å². The number of nitrogens with one attached hydrogen (secondary N) is 1. The van der Waals surface area contributed by atoms with E-state index in [1.807, 2.05) is 0 Å². The number of aliphatic hydroxyl groups is 31. The standard InChI is InChI=1S/C62H105NO51/c1-12(73)63-23-29(79)45(107-58-41(91)35(85)46(19(8-70)104-58)108-55-38(88)30(80)24(74)13(2-64)98-55)18(7-69)103-54(23)113-52-34(84)28(78)17(6-68)102-62(52)111-49-22(97-53(95)44(94)50(49)112-57-40(90)32(82)26(76)15(4-66)100-57)11-96-61-51(33(83)27(77)16(5-67)101-61)114-60-43(93)37(87)48(21(10-72)106-60)110-59-42(92)36(86)47(20(9-71)105-59)109-56-39(89)31(81)25(75)14(3-65)99-56/h13-62,64-72,74-95H,2-11H2,1H3,(H,63,73)/t13-,14-,15-,16-,17-,18-,19-,20-,21-,22-,23-,24+,25+,26-,27-,28-,29-,30+,31+,32+,33+,34+,35-,36-,37-,38-,39-,40-,41-,42-,43-,44-,45-,46+,47+,48-,49-,50-,51-,52-,53+,54-,55-,56-,57+,58+,59+,60-,61-,62+/m1/s1. The van der Waals surface area contributed by atoms with E-state index in [1.54, 1.807) is 0 Å². The topological polar surface area (TPSA) is 832 Å². The predicted molar refractivity (Wildman–Crippen MR) is 341 cm³/mol. The van der Waals surface area contributed by atoms with Gasteiger partial charge in [0.1, 0.15) is 244 Å². The molecule has 10 aliphatic rings. The molecule has 50 atom stereocenters. The Morgan fingerprint density at radius 3 is 0.798 bits per heavy atom. The Morgan fingerprint density at radius 2 is 0.465 bits per heavy atom. The van der Waals surface area contributed by atoms with Crippen LogP contribution in [0.3, 0.4) is 0 Å². The number of carbonyl (C=O) groups is 1. The van der Waals surface area contributed by atoms with E-state index in [1.165, 1.54) is 0 Å². The van der Waals surface area contributed by atoms with Crippen molar-refractivity contribution in [2.75, 3.05) is 66.1 Å². The lowest BCUT2D eigenvalue weighted by Gasteiger charge is -2.51. The van der Waals surface area contributed by atoms with Crippen molar-refractivity contribution in [2.45, 2.75) is 314 Å². The van der Waals surface area contributed by atoms with E-state index < -0.39 is 379 Å². The van der Waals surface area contributed by atoms with Crippen molar-refractivity contribution in [1.82, 2.24) is 5.32 Å². The van der Waals surface area contributed by atoms with Crippen LogP contribution in [0.5, 0.6) is 0 Å². The molecule has 0 aromatic carbocycles. The van der Waals surface area contributed by atoms with Gasteiger partial charge in [-0.1, -0.05) is 0 Å². The zero-order valence-corrected chi connectivity index (χ0v) is 60.0. The van der Waals surface area contributed by atoms with Gasteiger partial charge in [-0.25, -0.2) is 0 Å². The van der Waals surface area contributed by atoms with E-state index in [0.717, 1.165) is 6.92 Å². The van der Waals surface area contributed by atoms with Crippen molar-refractivity contribution in [3.8, 4) is 0 Å². The highest BCUT2D eigenvalue weighted by Crippen LogP contribution is 2.41. The Balaban J connectivity index is 0.896. The van der Waals surface area contributed by atoms with Gasteiger partial charge in [-0.3, -0.25) is 4.79 Å². The Labute approximate surface area is 642 Å². The van der Waals surface area contributed by atoms with Crippen LogP contribution in [-0.4, -0.2) is 537 Å². The molecule has 0 aromatic rings. The van der Waals surface area contributed by atoms with Crippen molar-refractivity contribution in [3.05, 3.63) is 0 Å². The Hall–Kier alpha value is -2.53. The van der Waals surface area contributed by atoms with Gasteiger partial charge in [-0.15, -0.1) is 0 Å². The van der Waals surface area contributed by atoms with Crippen molar-refractivity contribution < 1.29 is 253 Å². The predicted octanol–water partition coefficient (Wildman–Crippen LogP) is -22.7. The van der Waals surface area contributed by atoms with Crippen LogP contribution in [-0.2, 0) is 94.8 Å². The molecule has 0 aromatic heterocycles. The van der Waals surface area contributed by atoms with Gasteiger partial charge in [0.2, 0.25) is 5.91 Å². The first-order valence-electron chi connectivity index (χ1n) is 36.2. The van der Waals surface area contributed by atoms with Gasteiger partial charge in [0.25, 0.3) is 0 Å². The van der Waals surface area contributed by atoms with Gasteiger partial charge in [0, 0.05) is 6.92 Å². The Bertz CT molecular complexity index is 2910. The van der Waals surface area contributed by atoms with E-state index in [-0.39, 0.29) is 0 Å². The van der Waals surface area contributed by atoms with Gasteiger partial charge in [0.05, 0.1) is 66.1 Å². The molecule has 10 rings (SSSR count). The molecule has 0 spiro atoms. The monoisotopic (exact) mass is 1680 g/mol. The number of carbonyl (C=O) groups excluding carboxylic acids is 1. The molecule has 10 heterocycles. The molecule has 0 bridgehead atoms. The molecule has 664 valence electrons. The second kappa shape index (κ2) is 40.6. The lowest BCUT2D eigenvalue weighted by atomic mass is 9.94. The highest BCUT2D eigenvalue weighted by molar-refractivity contribution is 5.73. The normalized spacial score (nSPS) is 52.6. The molecule has 52 heteroatoms. The molecule has 52 nitrogen and oxygen atoms in total. The second-order valence-electron chi connectivity index (χ2n) is 28.8. The molecule has 0 unspecified atom stereocenters. The Kier molecular flexibility index (Phi) is 33.4. The molecule has 10 saturated heterocycles. The number of amides is 1. The Morgan fingerprint density at radius 1 is 0.228 bits per heavy atom. The van der Waals surface area contributed by atoms with E-state index in [0.29, 0.717) is 0 Å². The van der Waals surface area contributed by atoms with Crippen molar-refractivity contribution in [2.24, 2.45) is 0 Å². The summed E-state index contributed by atoms with van der Waals surface area (Å²) in [6, 6.07) is -2.03. The quantitative estimate of drug-likeness (QED) is 0.0331. The molecule has 32 N–H and O–H groups in total. The van der Waals surface area contributed by atoms with Crippen LogP contribution in [0.4, 0.5) is 0 Å². The molecule has 0 radical (unpaired) electrons. The highest BCUT2D eigenvalue weighted by Gasteiger charge is 2.62. The fourth-order valence-electron chi connectivity index (χ4n) is 14.7. The van der Waals surface area contributed by atoms with Crippen molar-refractivity contribution in [1.29, 1.82) is 0 Å². The number of hydrogen-bond acceptors (Lipinski definition) is 51. The molecule has 0 saturated carbocycles. The minimum atomic E-state index is -2.52. The first-order valence-corrected chi connectivity index (χ1v) is 36.2. The number of hydrogen-bond donors (Lipinski definition) is 32. The summed E-state index contributed by atoms with van der Waals surface area (Å²) in [7, 11) is 0. The minimum Gasteiger partial charge on any atom is -0.394 e. The minimum absolute atomic E-state index is 0.903. The summed E-state index contributed by atoms with van der Waals surface area (Å²) in [6.45, 7) is -10.1. The second-order valence-corrected chi connectivity index (χ2v) is 28.8.